The van der Waals surface area contributed by atoms with Crippen LogP contribution in [0.5, 0.6) is 0 Å². The minimum absolute atomic E-state index is 0.144. The summed E-state index contributed by atoms with van der Waals surface area (Å²) in [6, 6.07) is 0.575. The number of Topliss-reactive ketones (excluding diaryl/α,β-unsaturated/α-hetero) is 1. The monoisotopic (exact) mass is 196 g/mol. The Kier molecular flexibility index (Phi) is 2.88. The second-order valence-corrected chi connectivity index (χ2v) is 4.59. The normalized spacial score (nSPS) is 38.3. The summed E-state index contributed by atoms with van der Waals surface area (Å²) in [4.78, 5) is 14.0. The van der Waals surface area contributed by atoms with E-state index in [2.05, 4.69) is 17.3 Å². The standard InChI is InChI=1S/C11H20N2O/c1-3-9(14)11-10-8(7-13(11)2)5-4-6-12-10/h8,10-12H,3-7H2,1-2H3. The second-order valence-electron chi connectivity index (χ2n) is 4.59. The summed E-state index contributed by atoms with van der Waals surface area (Å²) in [5.74, 6) is 1.10. The van der Waals surface area contributed by atoms with Crippen LogP contribution in [0.3, 0.4) is 0 Å². The van der Waals surface area contributed by atoms with E-state index in [4.69, 9.17) is 0 Å². The van der Waals surface area contributed by atoms with Crippen molar-refractivity contribution in [3.8, 4) is 0 Å². The van der Waals surface area contributed by atoms with Gasteiger partial charge in [0.15, 0.2) is 5.78 Å². The topological polar surface area (TPSA) is 32.3 Å². The number of nitrogens with one attached hydrogen (secondary N) is 1. The number of nitrogens with zero attached hydrogens (tertiary/aromatic N) is 1. The molecule has 1 N–H and O–H groups in total. The first-order chi connectivity index (χ1) is 6.74. The molecule has 0 amide bonds. The van der Waals surface area contributed by atoms with E-state index in [0.29, 0.717) is 24.2 Å². The van der Waals surface area contributed by atoms with E-state index in [1.807, 2.05) is 6.92 Å². The summed E-state index contributed by atoms with van der Waals surface area (Å²) < 4.78 is 0. The van der Waals surface area contributed by atoms with Crippen LogP contribution in [0.2, 0.25) is 0 Å². The molecule has 0 aromatic rings. The maximum Gasteiger partial charge on any atom is 0.151 e. The SMILES string of the molecule is CCC(=O)C1C2NCCCC2CN1C. The fourth-order valence-corrected chi connectivity index (χ4v) is 2.97. The molecule has 3 unspecified atom stereocenters. The van der Waals surface area contributed by atoms with Crippen molar-refractivity contribution in [1.82, 2.24) is 10.2 Å². The number of likely N-dealkylation sites (tertiary alicyclic amines) is 1. The van der Waals surface area contributed by atoms with Gasteiger partial charge in [-0.25, -0.2) is 0 Å². The van der Waals surface area contributed by atoms with E-state index >= 15 is 0 Å². The predicted molar refractivity (Wildman–Crippen MR) is 56.2 cm³/mol. The first-order valence-corrected chi connectivity index (χ1v) is 5.70. The maximum absolute atomic E-state index is 11.8. The first-order valence-electron chi connectivity index (χ1n) is 5.70. The summed E-state index contributed by atoms with van der Waals surface area (Å²) in [6.07, 6.45) is 3.22. The molecule has 2 rings (SSSR count). The molecule has 2 saturated heterocycles. The predicted octanol–water partition coefficient (Wildman–Crippen LogP) is 0.648. The number of piperidine rings is 1. The number of hydrogen-bond acceptors (Lipinski definition) is 3. The Balaban J connectivity index is 2.11. The molecule has 0 spiro atoms. The van der Waals surface area contributed by atoms with Gasteiger partial charge in [-0.3, -0.25) is 9.69 Å². The van der Waals surface area contributed by atoms with Crippen LogP contribution in [0, 0.1) is 5.92 Å². The Bertz CT molecular complexity index is 229. The molecule has 80 valence electrons. The van der Waals surface area contributed by atoms with Crippen LogP contribution in [0.4, 0.5) is 0 Å². The van der Waals surface area contributed by atoms with Crippen molar-refractivity contribution >= 4 is 5.78 Å². The van der Waals surface area contributed by atoms with E-state index in [0.717, 1.165) is 13.1 Å². The van der Waals surface area contributed by atoms with Crippen LogP contribution in [-0.2, 0) is 4.79 Å². The zero-order valence-electron chi connectivity index (χ0n) is 9.12. The van der Waals surface area contributed by atoms with Gasteiger partial charge in [0.2, 0.25) is 0 Å². The lowest BCUT2D eigenvalue weighted by Crippen LogP contribution is -2.50. The fourth-order valence-electron chi connectivity index (χ4n) is 2.97. The Morgan fingerprint density at radius 2 is 2.36 bits per heavy atom. The lowest BCUT2D eigenvalue weighted by Gasteiger charge is -2.29. The smallest absolute Gasteiger partial charge is 0.151 e. The van der Waals surface area contributed by atoms with Gasteiger partial charge in [0.25, 0.3) is 0 Å². The maximum atomic E-state index is 11.8. The van der Waals surface area contributed by atoms with Crippen LogP contribution in [-0.4, -0.2) is 42.9 Å². The number of ketones is 1. The molecule has 2 heterocycles. The molecule has 2 aliphatic rings. The highest BCUT2D eigenvalue weighted by Gasteiger charge is 2.43. The van der Waals surface area contributed by atoms with Gasteiger partial charge >= 0.3 is 0 Å². The molecule has 14 heavy (non-hydrogen) atoms. The van der Waals surface area contributed by atoms with Crippen molar-refractivity contribution in [3.63, 3.8) is 0 Å². The van der Waals surface area contributed by atoms with E-state index in [1.54, 1.807) is 0 Å². The third-order valence-corrected chi connectivity index (χ3v) is 3.66. The van der Waals surface area contributed by atoms with E-state index in [-0.39, 0.29) is 6.04 Å². The molecule has 0 bridgehead atoms. The van der Waals surface area contributed by atoms with Gasteiger partial charge in [0.1, 0.15) is 0 Å². The number of carbonyl (C=O) groups is 1. The quantitative estimate of drug-likeness (QED) is 0.703. The van der Waals surface area contributed by atoms with Crippen molar-refractivity contribution < 1.29 is 4.79 Å². The molecule has 0 radical (unpaired) electrons. The van der Waals surface area contributed by atoms with Crippen molar-refractivity contribution in [3.05, 3.63) is 0 Å². The van der Waals surface area contributed by atoms with Crippen molar-refractivity contribution in [2.45, 2.75) is 38.3 Å². The molecular weight excluding hydrogens is 176 g/mol. The summed E-state index contributed by atoms with van der Waals surface area (Å²) in [7, 11) is 2.08. The largest absolute Gasteiger partial charge is 0.312 e. The average molecular weight is 196 g/mol. The molecule has 3 nitrogen and oxygen atoms in total. The molecule has 2 aliphatic heterocycles. The van der Waals surface area contributed by atoms with Gasteiger partial charge in [-0.05, 0) is 32.4 Å². The van der Waals surface area contributed by atoms with Gasteiger partial charge in [-0.1, -0.05) is 6.92 Å². The summed E-state index contributed by atoms with van der Waals surface area (Å²) in [6.45, 7) is 4.14. The fraction of sp³-hybridized carbons (Fsp3) is 0.909. The van der Waals surface area contributed by atoms with Crippen molar-refractivity contribution in [2.24, 2.45) is 5.92 Å². The Hall–Kier alpha value is -0.410. The summed E-state index contributed by atoms with van der Waals surface area (Å²) >= 11 is 0. The molecule has 0 aromatic carbocycles. The van der Waals surface area contributed by atoms with E-state index < -0.39 is 0 Å². The lowest BCUT2D eigenvalue weighted by molar-refractivity contribution is -0.123. The lowest BCUT2D eigenvalue weighted by atomic mass is 9.89. The van der Waals surface area contributed by atoms with Gasteiger partial charge in [-0.2, -0.15) is 0 Å². The zero-order chi connectivity index (χ0) is 10.1. The van der Waals surface area contributed by atoms with E-state index in [1.165, 1.54) is 12.8 Å². The zero-order valence-corrected chi connectivity index (χ0v) is 9.12. The van der Waals surface area contributed by atoms with Gasteiger partial charge in [-0.15, -0.1) is 0 Å². The molecule has 0 saturated carbocycles. The van der Waals surface area contributed by atoms with Crippen LogP contribution >= 0.6 is 0 Å². The van der Waals surface area contributed by atoms with Crippen LogP contribution in [0.15, 0.2) is 0 Å². The molecular formula is C11H20N2O. The van der Waals surface area contributed by atoms with Crippen molar-refractivity contribution in [2.75, 3.05) is 20.1 Å². The van der Waals surface area contributed by atoms with Crippen molar-refractivity contribution in [1.29, 1.82) is 0 Å². The average Bonchev–Trinajstić information content (AvgIpc) is 2.53. The number of likely N-dealkylation sites (N-methyl/N-ethyl adjacent to an activating group) is 1. The minimum Gasteiger partial charge on any atom is -0.312 e. The molecule has 2 fully saturated rings. The van der Waals surface area contributed by atoms with Crippen LogP contribution in [0.1, 0.15) is 26.2 Å². The summed E-state index contributed by atoms with van der Waals surface area (Å²) in [5, 5.41) is 3.51. The first kappa shape index (κ1) is 10.1. The van der Waals surface area contributed by atoms with Crippen LogP contribution < -0.4 is 5.32 Å². The number of carbonyl (C=O) groups excluding carboxylic acids is 1. The highest BCUT2D eigenvalue weighted by molar-refractivity contribution is 5.85. The molecule has 0 aromatic heterocycles. The third-order valence-electron chi connectivity index (χ3n) is 3.66. The Morgan fingerprint density at radius 1 is 1.57 bits per heavy atom. The Labute approximate surface area is 85.8 Å². The second kappa shape index (κ2) is 3.99. The minimum atomic E-state index is 0.144. The third kappa shape index (κ3) is 1.59. The number of hydrogen-bond donors (Lipinski definition) is 1. The molecule has 0 aliphatic carbocycles. The summed E-state index contributed by atoms with van der Waals surface area (Å²) in [5.41, 5.74) is 0. The number of fused-ring (bicyclic) bond motifs is 1. The van der Waals surface area contributed by atoms with Gasteiger partial charge in [0.05, 0.1) is 6.04 Å². The molecule has 3 atom stereocenters. The van der Waals surface area contributed by atoms with E-state index in [9.17, 15) is 4.79 Å². The van der Waals surface area contributed by atoms with Gasteiger partial charge < -0.3 is 5.32 Å². The highest BCUT2D eigenvalue weighted by atomic mass is 16.1. The van der Waals surface area contributed by atoms with Gasteiger partial charge in [0, 0.05) is 19.0 Å². The highest BCUT2D eigenvalue weighted by Crippen LogP contribution is 2.29. The molecule has 3 heteroatoms. The number of rotatable bonds is 2. The van der Waals surface area contributed by atoms with Crippen LogP contribution in [0.25, 0.3) is 0 Å². The Morgan fingerprint density at radius 3 is 3.07 bits per heavy atom.